The van der Waals surface area contributed by atoms with E-state index < -0.39 is 10.0 Å². The molecule has 156 valence electrons. The first-order chi connectivity index (χ1) is 13.9. The second kappa shape index (κ2) is 9.65. The number of ether oxygens (including phenoxy) is 1. The molecule has 0 aliphatic carbocycles. The third-order valence-corrected chi connectivity index (χ3v) is 7.84. The van der Waals surface area contributed by atoms with E-state index >= 15 is 0 Å². The number of carbonyl (C=O) groups is 1. The lowest BCUT2D eigenvalue weighted by Crippen LogP contribution is -2.35. The van der Waals surface area contributed by atoms with Crippen LogP contribution in [0, 0.1) is 0 Å². The van der Waals surface area contributed by atoms with Crippen LogP contribution in [0.1, 0.15) is 26.2 Å². The molecule has 3 rings (SSSR count). The predicted octanol–water partition coefficient (Wildman–Crippen LogP) is 3.99. The van der Waals surface area contributed by atoms with Gasteiger partial charge in [-0.1, -0.05) is 6.42 Å². The van der Waals surface area contributed by atoms with E-state index in [2.05, 4.69) is 5.32 Å². The van der Waals surface area contributed by atoms with Gasteiger partial charge in [0.05, 0.1) is 17.3 Å². The number of benzene rings is 2. The molecule has 2 aromatic rings. The van der Waals surface area contributed by atoms with E-state index in [0.717, 1.165) is 29.9 Å². The fraction of sp³-hybridized carbons (Fsp3) is 0.381. The van der Waals surface area contributed by atoms with E-state index in [9.17, 15) is 13.2 Å². The third-order valence-electron chi connectivity index (χ3n) is 4.82. The Kier molecular flexibility index (Phi) is 7.21. The maximum Gasteiger partial charge on any atom is 0.243 e. The van der Waals surface area contributed by atoms with Crippen LogP contribution in [0.5, 0.6) is 5.75 Å². The summed E-state index contributed by atoms with van der Waals surface area (Å²) in [5.74, 6) is 0.628. The summed E-state index contributed by atoms with van der Waals surface area (Å²) in [7, 11) is -1.85. The highest BCUT2D eigenvalue weighted by molar-refractivity contribution is 8.00. The summed E-state index contributed by atoms with van der Waals surface area (Å²) in [6.45, 7) is 2.97. The number of rotatable bonds is 7. The molecule has 1 amide bonds. The molecule has 1 aliphatic rings. The minimum atomic E-state index is -3.46. The monoisotopic (exact) mass is 434 g/mol. The number of thioether (sulfide) groups is 1. The lowest BCUT2D eigenvalue weighted by molar-refractivity contribution is -0.115. The zero-order valence-electron chi connectivity index (χ0n) is 16.6. The van der Waals surface area contributed by atoms with E-state index in [0.29, 0.717) is 18.8 Å². The summed E-state index contributed by atoms with van der Waals surface area (Å²) in [4.78, 5) is 13.7. The standard InChI is InChI=1S/C21H26N2O4S2/c1-16(28-19-10-8-18(27-2)9-11-19)21(24)22-17-6-12-20(13-7-17)29(25,26)23-14-4-3-5-15-23/h6-13,16H,3-5,14-15H2,1-2H3,(H,22,24). The third kappa shape index (κ3) is 5.52. The van der Waals surface area contributed by atoms with Crippen LogP contribution in [0.25, 0.3) is 0 Å². The summed E-state index contributed by atoms with van der Waals surface area (Å²) in [6, 6.07) is 13.9. The Morgan fingerprint density at radius 2 is 1.66 bits per heavy atom. The van der Waals surface area contributed by atoms with Gasteiger partial charge < -0.3 is 10.1 Å². The Balaban J connectivity index is 1.60. The number of carbonyl (C=O) groups excluding carboxylic acids is 1. The SMILES string of the molecule is COc1ccc(SC(C)C(=O)Nc2ccc(S(=O)(=O)N3CCCCC3)cc2)cc1. The smallest absolute Gasteiger partial charge is 0.243 e. The average Bonchev–Trinajstić information content (AvgIpc) is 2.75. The quantitative estimate of drug-likeness (QED) is 0.667. The highest BCUT2D eigenvalue weighted by Crippen LogP contribution is 2.27. The molecule has 1 saturated heterocycles. The van der Waals surface area contributed by atoms with Crippen molar-refractivity contribution in [2.24, 2.45) is 0 Å². The maximum atomic E-state index is 12.7. The molecule has 0 saturated carbocycles. The molecule has 8 heteroatoms. The minimum absolute atomic E-state index is 0.141. The predicted molar refractivity (Wildman–Crippen MR) is 116 cm³/mol. The van der Waals surface area contributed by atoms with Crippen molar-refractivity contribution in [3.05, 3.63) is 48.5 Å². The van der Waals surface area contributed by atoms with Crippen LogP contribution in [0.2, 0.25) is 0 Å². The van der Waals surface area contributed by atoms with Crippen molar-refractivity contribution in [1.29, 1.82) is 0 Å². The first kappa shape index (κ1) is 21.7. The molecule has 1 aliphatic heterocycles. The van der Waals surface area contributed by atoms with Crippen LogP contribution in [0.4, 0.5) is 5.69 Å². The largest absolute Gasteiger partial charge is 0.497 e. The molecule has 0 bridgehead atoms. The highest BCUT2D eigenvalue weighted by atomic mass is 32.2. The van der Waals surface area contributed by atoms with Crippen LogP contribution >= 0.6 is 11.8 Å². The van der Waals surface area contributed by atoms with Gasteiger partial charge in [-0.3, -0.25) is 4.79 Å². The molecule has 1 heterocycles. The van der Waals surface area contributed by atoms with Crippen molar-refractivity contribution in [3.63, 3.8) is 0 Å². The lowest BCUT2D eigenvalue weighted by atomic mass is 10.2. The van der Waals surface area contributed by atoms with E-state index in [4.69, 9.17) is 4.74 Å². The van der Waals surface area contributed by atoms with Gasteiger partial charge in [0, 0.05) is 23.7 Å². The van der Waals surface area contributed by atoms with Crippen molar-refractivity contribution in [2.45, 2.75) is 41.2 Å². The van der Waals surface area contributed by atoms with Gasteiger partial charge in [0.1, 0.15) is 5.75 Å². The highest BCUT2D eigenvalue weighted by Gasteiger charge is 2.25. The van der Waals surface area contributed by atoms with Gasteiger partial charge in [-0.2, -0.15) is 4.31 Å². The van der Waals surface area contributed by atoms with E-state index in [1.54, 1.807) is 31.4 Å². The molecular weight excluding hydrogens is 408 g/mol. The molecule has 1 atom stereocenters. The Labute approximate surface area is 176 Å². The fourth-order valence-corrected chi connectivity index (χ4v) is 5.50. The van der Waals surface area contributed by atoms with E-state index in [1.807, 2.05) is 31.2 Å². The summed E-state index contributed by atoms with van der Waals surface area (Å²) >= 11 is 1.45. The molecule has 1 N–H and O–H groups in total. The maximum absolute atomic E-state index is 12.7. The number of anilines is 1. The molecule has 2 aromatic carbocycles. The number of amides is 1. The van der Waals surface area contributed by atoms with Crippen LogP contribution in [0.15, 0.2) is 58.3 Å². The second-order valence-corrected chi connectivity index (χ2v) is 10.3. The molecule has 0 aromatic heterocycles. The van der Waals surface area contributed by atoms with Gasteiger partial charge in [0.2, 0.25) is 15.9 Å². The van der Waals surface area contributed by atoms with Crippen LogP contribution in [0.3, 0.4) is 0 Å². The van der Waals surface area contributed by atoms with Crippen molar-refractivity contribution in [3.8, 4) is 5.75 Å². The molecule has 1 fully saturated rings. The number of nitrogens with zero attached hydrogens (tertiary/aromatic N) is 1. The van der Waals surface area contributed by atoms with E-state index in [1.165, 1.54) is 16.1 Å². The van der Waals surface area contributed by atoms with Crippen LogP contribution < -0.4 is 10.1 Å². The molecule has 0 spiro atoms. The normalized spacial score (nSPS) is 16.2. The molecule has 29 heavy (non-hydrogen) atoms. The van der Waals surface area contributed by atoms with Gasteiger partial charge in [-0.05, 0) is 68.3 Å². The number of hydrogen-bond acceptors (Lipinski definition) is 5. The van der Waals surface area contributed by atoms with Crippen molar-refractivity contribution in [1.82, 2.24) is 4.31 Å². The summed E-state index contributed by atoms with van der Waals surface area (Å²) in [5, 5.41) is 2.54. The Bertz CT molecular complexity index is 922. The van der Waals surface area contributed by atoms with Gasteiger partial charge in [-0.15, -0.1) is 11.8 Å². The zero-order chi connectivity index (χ0) is 20.9. The van der Waals surface area contributed by atoms with Crippen LogP contribution in [-0.4, -0.2) is 44.1 Å². The van der Waals surface area contributed by atoms with Gasteiger partial charge >= 0.3 is 0 Å². The Morgan fingerprint density at radius 1 is 1.03 bits per heavy atom. The topological polar surface area (TPSA) is 75.7 Å². The van der Waals surface area contributed by atoms with Crippen molar-refractivity contribution in [2.75, 3.05) is 25.5 Å². The number of methoxy groups -OCH3 is 1. The Morgan fingerprint density at radius 3 is 2.24 bits per heavy atom. The number of nitrogens with one attached hydrogen (secondary N) is 1. The Hall–Kier alpha value is -2.03. The summed E-state index contributed by atoms with van der Waals surface area (Å²) in [5.41, 5.74) is 0.578. The number of hydrogen-bond donors (Lipinski definition) is 1. The van der Waals surface area contributed by atoms with Gasteiger partial charge in [0.15, 0.2) is 0 Å². The molecular formula is C21H26N2O4S2. The number of piperidine rings is 1. The molecule has 6 nitrogen and oxygen atoms in total. The van der Waals surface area contributed by atoms with Gasteiger partial charge in [-0.25, -0.2) is 8.42 Å². The van der Waals surface area contributed by atoms with Gasteiger partial charge in [0.25, 0.3) is 0 Å². The van der Waals surface area contributed by atoms with E-state index in [-0.39, 0.29) is 16.1 Å². The number of sulfonamides is 1. The second-order valence-electron chi connectivity index (χ2n) is 6.91. The first-order valence-corrected chi connectivity index (χ1v) is 11.9. The van der Waals surface area contributed by atoms with Crippen LogP contribution in [-0.2, 0) is 14.8 Å². The minimum Gasteiger partial charge on any atom is -0.497 e. The van der Waals surface area contributed by atoms with Crippen molar-refractivity contribution < 1.29 is 17.9 Å². The zero-order valence-corrected chi connectivity index (χ0v) is 18.3. The summed E-state index contributed by atoms with van der Waals surface area (Å²) in [6.07, 6.45) is 2.87. The fourth-order valence-electron chi connectivity index (χ4n) is 3.12. The lowest BCUT2D eigenvalue weighted by Gasteiger charge is -2.25. The molecule has 0 radical (unpaired) electrons. The molecule has 1 unspecified atom stereocenters. The average molecular weight is 435 g/mol. The summed E-state index contributed by atoms with van der Waals surface area (Å²) < 4.78 is 32.1. The van der Waals surface area contributed by atoms with Crippen molar-refractivity contribution >= 4 is 33.4 Å². The first-order valence-electron chi connectivity index (χ1n) is 9.62.